The molecule has 1 saturated carbocycles. The molecular formula is C24H31N5O2S. The Morgan fingerprint density at radius 3 is 2.72 bits per heavy atom. The summed E-state index contributed by atoms with van der Waals surface area (Å²) in [5.74, 6) is 1.58. The molecule has 8 heteroatoms. The van der Waals surface area contributed by atoms with Gasteiger partial charge >= 0.3 is 0 Å². The molecular weight excluding hydrogens is 422 g/mol. The Kier molecular flexibility index (Phi) is 5.67. The van der Waals surface area contributed by atoms with Crippen molar-refractivity contribution in [3.05, 3.63) is 42.4 Å². The summed E-state index contributed by atoms with van der Waals surface area (Å²) in [5.41, 5.74) is 10.2. The largest absolute Gasteiger partial charge is 0.383 e. The summed E-state index contributed by atoms with van der Waals surface area (Å²) in [6.45, 7) is 5.40. The lowest BCUT2D eigenvalue weighted by Crippen LogP contribution is -2.43. The topological polar surface area (TPSA) is 94.1 Å². The van der Waals surface area contributed by atoms with E-state index in [1.54, 1.807) is 13.3 Å². The van der Waals surface area contributed by atoms with Crippen LogP contribution in [0.1, 0.15) is 37.8 Å². The first kappa shape index (κ1) is 21.4. The first-order valence-electron chi connectivity index (χ1n) is 11.6. The lowest BCUT2D eigenvalue weighted by atomic mass is 9.79. The third kappa shape index (κ3) is 4.13. The highest BCUT2D eigenvalue weighted by molar-refractivity contribution is 7.91. The molecule has 1 saturated heterocycles. The van der Waals surface area contributed by atoms with Crippen molar-refractivity contribution >= 4 is 26.7 Å². The average Bonchev–Trinajstić information content (AvgIpc) is 3.11. The summed E-state index contributed by atoms with van der Waals surface area (Å²) in [4.78, 5) is 11.4. The molecule has 170 valence electrons. The van der Waals surface area contributed by atoms with Crippen LogP contribution in [0.4, 0.5) is 5.82 Å². The van der Waals surface area contributed by atoms with Crippen LogP contribution in [0.2, 0.25) is 0 Å². The van der Waals surface area contributed by atoms with Crippen LogP contribution in [-0.4, -0.2) is 59.0 Å². The van der Waals surface area contributed by atoms with E-state index in [-0.39, 0.29) is 11.5 Å². The van der Waals surface area contributed by atoms with Gasteiger partial charge in [-0.25, -0.2) is 18.4 Å². The fourth-order valence-corrected chi connectivity index (χ4v) is 5.76. The minimum absolute atomic E-state index is 0.167. The molecule has 2 aromatic heterocycles. The number of aryl methyl sites for hydroxylation is 1. The molecule has 7 nitrogen and oxygen atoms in total. The molecule has 2 aliphatic rings. The van der Waals surface area contributed by atoms with Gasteiger partial charge in [-0.05, 0) is 55.8 Å². The summed E-state index contributed by atoms with van der Waals surface area (Å²) >= 11 is 0. The lowest BCUT2D eigenvalue weighted by Gasteiger charge is -2.42. The van der Waals surface area contributed by atoms with Crippen molar-refractivity contribution in [2.24, 2.45) is 5.92 Å². The van der Waals surface area contributed by atoms with Crippen LogP contribution in [0.3, 0.4) is 0 Å². The molecule has 1 aromatic carbocycles. The molecule has 2 fully saturated rings. The van der Waals surface area contributed by atoms with Gasteiger partial charge in [0.15, 0.2) is 0 Å². The molecule has 1 aliphatic heterocycles. The zero-order valence-corrected chi connectivity index (χ0v) is 19.4. The summed E-state index contributed by atoms with van der Waals surface area (Å²) < 4.78 is 26.2. The van der Waals surface area contributed by atoms with Crippen LogP contribution in [-0.2, 0) is 16.3 Å². The van der Waals surface area contributed by atoms with Crippen LogP contribution in [0.15, 0.2) is 36.8 Å². The van der Waals surface area contributed by atoms with Crippen molar-refractivity contribution in [3.8, 4) is 11.1 Å². The first-order valence-corrected chi connectivity index (χ1v) is 13.4. The van der Waals surface area contributed by atoms with Crippen LogP contribution in [0.25, 0.3) is 22.2 Å². The highest BCUT2D eigenvalue weighted by Crippen LogP contribution is 2.43. The molecule has 0 atom stereocenters. The Morgan fingerprint density at radius 1 is 1.19 bits per heavy atom. The highest BCUT2D eigenvalue weighted by atomic mass is 32.2. The number of aromatic nitrogens is 3. The molecule has 0 radical (unpaired) electrons. The number of fused-ring (bicyclic) bond motifs is 1. The molecule has 0 amide bonds. The number of hydrogen-bond acceptors (Lipinski definition) is 6. The van der Waals surface area contributed by atoms with Gasteiger partial charge in [-0.1, -0.05) is 31.2 Å². The number of benzene rings is 1. The van der Waals surface area contributed by atoms with Crippen molar-refractivity contribution in [1.29, 1.82) is 0 Å². The van der Waals surface area contributed by atoms with E-state index >= 15 is 0 Å². The van der Waals surface area contributed by atoms with E-state index < -0.39 is 9.84 Å². The van der Waals surface area contributed by atoms with Crippen molar-refractivity contribution < 1.29 is 8.42 Å². The Labute approximate surface area is 189 Å². The van der Waals surface area contributed by atoms with Gasteiger partial charge in [-0.3, -0.25) is 0 Å². The smallest absolute Gasteiger partial charge is 0.150 e. The number of nitrogens with zero attached hydrogens (tertiary/aromatic N) is 4. The standard InChI is InChI=1S/C24H31N5O2S/c1-2-32(30,31)10-7-17-5-3-6-19(11-17)21-15-29(24-22(21)23(25)26-16-27-24)20-12-18(13-20)14-28-8-4-9-28/h3,5-6,11,15-16,18,20H,2,4,7-10,12-14H2,1H3,(H2,25,26,27). The summed E-state index contributed by atoms with van der Waals surface area (Å²) in [7, 11) is -3.00. The minimum Gasteiger partial charge on any atom is -0.383 e. The Bertz CT molecular complexity index is 1230. The van der Waals surface area contributed by atoms with Gasteiger partial charge in [0.25, 0.3) is 0 Å². The number of likely N-dealkylation sites (tertiary alicyclic amines) is 1. The quantitative estimate of drug-likeness (QED) is 0.562. The molecule has 0 bridgehead atoms. The molecule has 0 unspecified atom stereocenters. The predicted octanol–water partition coefficient (Wildman–Crippen LogP) is 3.31. The summed E-state index contributed by atoms with van der Waals surface area (Å²) in [5, 5.41) is 0.886. The molecule has 0 spiro atoms. The van der Waals surface area contributed by atoms with E-state index in [2.05, 4.69) is 37.8 Å². The van der Waals surface area contributed by atoms with Crippen LogP contribution in [0.5, 0.6) is 0 Å². The molecule has 2 N–H and O–H groups in total. The predicted molar refractivity (Wildman–Crippen MR) is 128 cm³/mol. The number of hydrogen-bond donors (Lipinski definition) is 1. The van der Waals surface area contributed by atoms with E-state index in [0.29, 0.717) is 18.3 Å². The first-order chi connectivity index (χ1) is 15.4. The van der Waals surface area contributed by atoms with Gasteiger partial charge < -0.3 is 15.2 Å². The lowest BCUT2D eigenvalue weighted by molar-refractivity contribution is 0.0921. The molecule has 3 aromatic rings. The number of rotatable bonds is 8. The normalized spacial score (nSPS) is 21.4. The van der Waals surface area contributed by atoms with Gasteiger partial charge in [-0.15, -0.1) is 0 Å². The maximum atomic E-state index is 11.9. The van der Waals surface area contributed by atoms with Gasteiger partial charge in [0.1, 0.15) is 27.6 Å². The summed E-state index contributed by atoms with van der Waals surface area (Å²) in [6, 6.07) is 8.53. The van der Waals surface area contributed by atoms with Crippen molar-refractivity contribution in [3.63, 3.8) is 0 Å². The van der Waals surface area contributed by atoms with Crippen LogP contribution in [0, 0.1) is 5.92 Å². The zero-order chi connectivity index (χ0) is 22.3. The van der Waals surface area contributed by atoms with E-state index in [1.807, 2.05) is 12.1 Å². The molecule has 3 heterocycles. The Hall–Kier alpha value is -2.45. The maximum absolute atomic E-state index is 11.9. The van der Waals surface area contributed by atoms with E-state index in [4.69, 9.17) is 5.73 Å². The Balaban J connectivity index is 1.43. The SMILES string of the molecule is CCS(=O)(=O)CCc1cccc(-c2cn(C3CC(CN4CCC4)C3)c3ncnc(N)c23)c1. The van der Waals surface area contributed by atoms with Crippen molar-refractivity contribution in [1.82, 2.24) is 19.4 Å². The second-order valence-corrected chi connectivity index (χ2v) is 11.7. The van der Waals surface area contributed by atoms with Gasteiger partial charge in [0.05, 0.1) is 11.1 Å². The molecule has 1 aliphatic carbocycles. The maximum Gasteiger partial charge on any atom is 0.150 e. The molecule has 32 heavy (non-hydrogen) atoms. The van der Waals surface area contributed by atoms with Crippen molar-refractivity contribution in [2.45, 2.75) is 38.6 Å². The van der Waals surface area contributed by atoms with E-state index in [1.165, 1.54) is 38.9 Å². The second kappa shape index (κ2) is 8.48. The fourth-order valence-electron chi connectivity index (χ4n) is 4.92. The molecule has 5 rings (SSSR count). The second-order valence-electron chi connectivity index (χ2n) is 9.24. The number of nitrogen functional groups attached to an aromatic ring is 1. The van der Waals surface area contributed by atoms with Crippen LogP contribution < -0.4 is 5.73 Å². The third-order valence-electron chi connectivity index (χ3n) is 7.09. The van der Waals surface area contributed by atoms with E-state index in [9.17, 15) is 8.42 Å². The zero-order valence-electron chi connectivity index (χ0n) is 18.6. The minimum atomic E-state index is -3.00. The van der Waals surface area contributed by atoms with E-state index in [0.717, 1.165) is 33.6 Å². The summed E-state index contributed by atoms with van der Waals surface area (Å²) in [6.07, 6.45) is 7.89. The van der Waals surface area contributed by atoms with Gasteiger partial charge in [0, 0.05) is 30.1 Å². The van der Waals surface area contributed by atoms with Gasteiger partial charge in [0.2, 0.25) is 0 Å². The third-order valence-corrected chi connectivity index (χ3v) is 8.79. The number of anilines is 1. The monoisotopic (exact) mass is 453 g/mol. The van der Waals surface area contributed by atoms with Gasteiger partial charge in [-0.2, -0.15) is 0 Å². The Morgan fingerprint density at radius 2 is 2.00 bits per heavy atom. The van der Waals surface area contributed by atoms with Crippen molar-refractivity contribution in [2.75, 3.05) is 36.9 Å². The number of nitrogens with two attached hydrogens (primary N) is 1. The average molecular weight is 454 g/mol. The highest BCUT2D eigenvalue weighted by Gasteiger charge is 2.34. The van der Waals surface area contributed by atoms with Crippen LogP contribution >= 0.6 is 0 Å². The number of sulfone groups is 1. The fraction of sp³-hybridized carbons (Fsp3) is 0.500.